The van der Waals surface area contributed by atoms with Crippen LogP contribution < -0.4 is 9.44 Å². The number of nitrogens with one attached hydrogen (secondary N) is 2. The molecule has 4 aliphatic rings. The molecule has 2 fully saturated rings. The fourth-order valence-electron chi connectivity index (χ4n) is 8.13. The van der Waals surface area contributed by atoms with Crippen LogP contribution in [-0.2, 0) is 64.7 Å². The number of ketones is 2. The third-order valence-electron chi connectivity index (χ3n) is 11.2. The molecule has 17 heteroatoms. The number of fused-ring (bicyclic) bond motifs is 4. The molecule has 11 nitrogen and oxygen atoms in total. The topological polar surface area (TPSA) is 173 Å². The number of anilines is 2. The van der Waals surface area contributed by atoms with Gasteiger partial charge in [0, 0.05) is 30.7 Å². The number of hydrogen-bond acceptors (Lipinski definition) is 9. The van der Waals surface area contributed by atoms with Gasteiger partial charge in [-0.05, 0) is 102 Å². The van der Waals surface area contributed by atoms with Crippen LogP contribution in [0.1, 0.15) is 76.7 Å². The third-order valence-corrected chi connectivity index (χ3v) is 14.1. The van der Waals surface area contributed by atoms with Crippen molar-refractivity contribution in [2.75, 3.05) is 16.6 Å². The molecule has 0 bridgehead atoms. The van der Waals surface area contributed by atoms with Crippen LogP contribution in [0.4, 0.5) is 28.9 Å². The zero-order valence-corrected chi connectivity index (χ0v) is 31.3. The maximum atomic E-state index is 14.0. The number of sulfonamides is 2. The molecule has 0 radical (unpaired) electrons. The molecule has 0 amide bonds. The minimum absolute atomic E-state index is 0.00603. The van der Waals surface area contributed by atoms with Gasteiger partial charge in [0.05, 0.1) is 35.8 Å². The van der Waals surface area contributed by atoms with E-state index >= 15 is 0 Å². The number of hydrogen-bond donors (Lipinski definition) is 3. The predicted molar refractivity (Wildman–Crippen MR) is 193 cm³/mol. The van der Waals surface area contributed by atoms with Crippen molar-refractivity contribution in [3.05, 3.63) is 117 Å². The number of halogens is 4. The molecular weight excluding hydrogens is 781 g/mol. The molecule has 0 heterocycles. The molecular formula is C39H34F4N2O9S2. The van der Waals surface area contributed by atoms with Crippen LogP contribution in [-0.4, -0.2) is 46.6 Å². The highest BCUT2D eigenvalue weighted by Gasteiger charge is 2.52. The Kier molecular flexibility index (Phi) is 9.86. The van der Waals surface area contributed by atoms with Gasteiger partial charge in [0.25, 0.3) is 20.0 Å². The minimum atomic E-state index is -4.40. The van der Waals surface area contributed by atoms with Gasteiger partial charge < -0.3 is 9.84 Å². The first kappa shape index (κ1) is 39.1. The van der Waals surface area contributed by atoms with Gasteiger partial charge in [0.2, 0.25) is 0 Å². The summed E-state index contributed by atoms with van der Waals surface area (Å²) in [6, 6.07) is 10.2. The molecule has 0 saturated heterocycles. The summed E-state index contributed by atoms with van der Waals surface area (Å²) >= 11 is 0. The number of carbonyl (C=O) groups is 3. The van der Waals surface area contributed by atoms with Crippen LogP contribution in [0.3, 0.4) is 0 Å². The number of aliphatic hydroxyl groups is 1. The normalized spacial score (nSPS) is 17.3. The van der Waals surface area contributed by atoms with Crippen LogP contribution in [0, 0.1) is 23.3 Å². The van der Waals surface area contributed by atoms with Gasteiger partial charge in [-0.1, -0.05) is 12.8 Å². The number of benzene rings is 4. The van der Waals surface area contributed by atoms with Gasteiger partial charge in [-0.3, -0.25) is 19.0 Å². The van der Waals surface area contributed by atoms with Crippen LogP contribution in [0.2, 0.25) is 0 Å². The SMILES string of the molecule is COC(=O)c1cc(NS(=O)(=O)c2ccc(F)cc2F)cc2c1CC(=O)C21CCC1.O=C1Cc2c(CO)cc(NS(=O)(=O)c3ccc(F)cc3F)cc2C12CCC2. The van der Waals surface area contributed by atoms with E-state index in [-0.39, 0.29) is 48.0 Å². The number of aliphatic hydroxyl groups excluding tert-OH is 1. The second kappa shape index (κ2) is 14.1. The lowest BCUT2D eigenvalue weighted by Crippen LogP contribution is -2.39. The van der Waals surface area contributed by atoms with E-state index in [1.165, 1.54) is 25.3 Å². The zero-order valence-electron chi connectivity index (χ0n) is 29.7. The number of ether oxygens (including phenoxy) is 1. The lowest BCUT2D eigenvalue weighted by Gasteiger charge is -2.37. The van der Waals surface area contributed by atoms with Crippen molar-refractivity contribution in [2.24, 2.45) is 0 Å². The molecule has 0 atom stereocenters. The van der Waals surface area contributed by atoms with E-state index in [1.807, 2.05) is 0 Å². The fourth-order valence-corrected chi connectivity index (χ4v) is 10.3. The Bertz CT molecular complexity index is 2570. The second-order valence-electron chi connectivity index (χ2n) is 14.3. The molecule has 0 unspecified atom stereocenters. The smallest absolute Gasteiger partial charge is 0.338 e. The molecule has 3 N–H and O–H groups in total. The third kappa shape index (κ3) is 6.54. The summed E-state index contributed by atoms with van der Waals surface area (Å²) in [5.74, 6) is -4.83. The van der Waals surface area contributed by atoms with E-state index in [2.05, 4.69) is 9.44 Å². The summed E-state index contributed by atoms with van der Waals surface area (Å²) in [4.78, 5) is 36.0. The lowest BCUT2D eigenvalue weighted by atomic mass is 9.64. The standard InChI is InChI=1S/C20H17F2NO5S.C19H17F2NO4S/c1-28-19(25)14-8-12(9-15-13(14)10-18(24)20(15)5-2-6-20)23-29(26,27)17-4-3-11(21)7-16(17)22;20-12-2-3-17(16(21)7-12)27(25,26)22-13-6-11(10-23)14-9-18(24)19(4-1-5-19)15(14)8-13/h3-4,7-9,23H,2,5-6,10H2,1H3;2-3,6-8,22-23H,1,4-5,9-10H2. The Morgan fingerprint density at radius 2 is 1.14 bits per heavy atom. The van der Waals surface area contributed by atoms with Gasteiger partial charge in [0.15, 0.2) is 0 Å². The van der Waals surface area contributed by atoms with Crippen molar-refractivity contribution < 1.29 is 58.6 Å². The van der Waals surface area contributed by atoms with Crippen LogP contribution in [0.5, 0.6) is 0 Å². The fraction of sp³-hybridized carbons (Fsp3) is 0.308. The minimum Gasteiger partial charge on any atom is -0.465 e. The maximum absolute atomic E-state index is 14.0. The monoisotopic (exact) mass is 814 g/mol. The van der Waals surface area contributed by atoms with Gasteiger partial charge in [-0.25, -0.2) is 39.2 Å². The van der Waals surface area contributed by atoms with Gasteiger partial charge >= 0.3 is 5.97 Å². The molecule has 4 aliphatic carbocycles. The molecule has 0 aromatic heterocycles. The highest BCUT2D eigenvalue weighted by Crippen LogP contribution is 2.53. The number of methoxy groups -OCH3 is 1. The van der Waals surface area contributed by atoms with E-state index in [0.717, 1.165) is 48.2 Å². The summed E-state index contributed by atoms with van der Waals surface area (Å²) in [6.45, 7) is -0.341. The van der Waals surface area contributed by atoms with Crippen molar-refractivity contribution >= 4 is 49.0 Å². The Morgan fingerprint density at radius 3 is 1.55 bits per heavy atom. The first-order valence-corrected chi connectivity index (χ1v) is 20.5. The van der Waals surface area contributed by atoms with E-state index in [0.29, 0.717) is 54.5 Å². The highest BCUT2D eigenvalue weighted by atomic mass is 32.2. The van der Waals surface area contributed by atoms with Crippen molar-refractivity contribution in [3.8, 4) is 0 Å². The average Bonchev–Trinajstić information content (AvgIpc) is 3.56. The Morgan fingerprint density at radius 1 is 0.696 bits per heavy atom. The summed E-state index contributed by atoms with van der Waals surface area (Å²) < 4.78 is 114. The van der Waals surface area contributed by atoms with Crippen LogP contribution >= 0.6 is 0 Å². The quantitative estimate of drug-likeness (QED) is 0.145. The molecule has 2 saturated carbocycles. The molecule has 4 aromatic carbocycles. The van der Waals surface area contributed by atoms with Crippen molar-refractivity contribution in [2.45, 2.75) is 78.6 Å². The summed E-state index contributed by atoms with van der Waals surface area (Å²) in [6.07, 6.45) is 4.74. The number of rotatable bonds is 8. The van der Waals surface area contributed by atoms with Crippen LogP contribution in [0.25, 0.3) is 0 Å². The van der Waals surface area contributed by atoms with E-state index < -0.39 is 69.9 Å². The van der Waals surface area contributed by atoms with Crippen molar-refractivity contribution in [1.29, 1.82) is 0 Å². The van der Waals surface area contributed by atoms with Gasteiger partial charge in [0.1, 0.15) is 44.6 Å². The Hall–Kier alpha value is -5.13. The summed E-state index contributed by atoms with van der Waals surface area (Å²) in [5, 5.41) is 9.67. The maximum Gasteiger partial charge on any atom is 0.338 e. The molecule has 8 rings (SSSR count). The molecule has 56 heavy (non-hydrogen) atoms. The van der Waals surface area contributed by atoms with Crippen LogP contribution in [0.15, 0.2) is 70.5 Å². The second-order valence-corrected chi connectivity index (χ2v) is 17.6. The largest absolute Gasteiger partial charge is 0.465 e. The van der Waals surface area contributed by atoms with Crippen molar-refractivity contribution in [1.82, 2.24) is 0 Å². The molecule has 0 aliphatic heterocycles. The molecule has 2 spiro atoms. The van der Waals surface area contributed by atoms with E-state index in [9.17, 15) is 53.9 Å². The van der Waals surface area contributed by atoms with Crippen molar-refractivity contribution in [3.63, 3.8) is 0 Å². The predicted octanol–water partition coefficient (Wildman–Crippen LogP) is 5.90. The van der Waals surface area contributed by atoms with E-state index in [1.54, 1.807) is 6.07 Å². The lowest BCUT2D eigenvalue weighted by molar-refractivity contribution is -0.126. The average molecular weight is 815 g/mol. The Labute approximate surface area is 319 Å². The zero-order chi connectivity index (χ0) is 40.4. The van der Waals surface area contributed by atoms with E-state index in [4.69, 9.17) is 4.74 Å². The van der Waals surface area contributed by atoms with Gasteiger partial charge in [-0.2, -0.15) is 0 Å². The summed E-state index contributed by atoms with van der Waals surface area (Å²) in [7, 11) is -7.51. The number of esters is 1. The molecule has 4 aromatic rings. The number of carbonyl (C=O) groups excluding carboxylic acids is 3. The first-order valence-electron chi connectivity index (χ1n) is 17.5. The summed E-state index contributed by atoms with van der Waals surface area (Å²) in [5.41, 5.74) is 2.05. The highest BCUT2D eigenvalue weighted by molar-refractivity contribution is 7.93. The number of Topliss-reactive ketones (excluding diaryl/α,β-unsaturated/α-hetero) is 2. The Balaban J connectivity index is 0.000000172. The van der Waals surface area contributed by atoms with Gasteiger partial charge in [-0.15, -0.1) is 0 Å². The molecule has 294 valence electrons. The first-order chi connectivity index (χ1) is 26.4.